The summed E-state index contributed by atoms with van der Waals surface area (Å²) in [5.74, 6) is -0.188. The first-order valence-corrected chi connectivity index (χ1v) is 7.02. The molecule has 0 spiro atoms. The molecule has 1 heterocycles. The van der Waals surface area contributed by atoms with Crippen LogP contribution in [0, 0.1) is 5.82 Å². The highest BCUT2D eigenvalue weighted by atomic mass is 19.1. The average Bonchev–Trinajstić information content (AvgIpc) is 2.52. The summed E-state index contributed by atoms with van der Waals surface area (Å²) in [7, 11) is 0. The van der Waals surface area contributed by atoms with E-state index in [2.05, 4.69) is 0 Å². The predicted octanol–water partition coefficient (Wildman–Crippen LogP) is 3.29. The molecule has 0 aliphatic carbocycles. The number of carbonyl (C=O) groups is 1. The van der Waals surface area contributed by atoms with E-state index in [9.17, 15) is 14.3 Å². The first kappa shape index (κ1) is 14.5. The number of benzene rings is 2. The zero-order valence-electron chi connectivity index (χ0n) is 12.0. The van der Waals surface area contributed by atoms with E-state index in [1.165, 1.54) is 12.1 Å². The number of halogens is 1. The maximum absolute atomic E-state index is 13.6. The van der Waals surface area contributed by atoms with Gasteiger partial charge in [0.25, 0.3) is 0 Å². The quantitative estimate of drug-likeness (QED) is 0.884. The Morgan fingerprint density at radius 1 is 1.23 bits per heavy atom. The van der Waals surface area contributed by atoms with Crippen molar-refractivity contribution in [1.82, 2.24) is 0 Å². The van der Waals surface area contributed by atoms with Gasteiger partial charge in [-0.1, -0.05) is 30.3 Å². The van der Waals surface area contributed by atoms with Crippen LogP contribution in [-0.4, -0.2) is 17.5 Å². The van der Waals surface area contributed by atoms with Crippen molar-refractivity contribution in [3.63, 3.8) is 0 Å². The van der Waals surface area contributed by atoms with Crippen molar-refractivity contribution < 1.29 is 19.0 Å². The molecule has 0 amide bonds. The van der Waals surface area contributed by atoms with Crippen molar-refractivity contribution in [2.24, 2.45) is 0 Å². The molecule has 0 saturated carbocycles. The van der Waals surface area contributed by atoms with Crippen LogP contribution in [0.2, 0.25) is 0 Å². The SMILES string of the molecule is CC(O)C1=C(c2cccc(F)c2)[C@@H](C=O)c2ccccc2O1. The number of allylic oxidation sites excluding steroid dienone is 1. The van der Waals surface area contributed by atoms with Gasteiger partial charge in [0.1, 0.15) is 29.7 Å². The van der Waals surface area contributed by atoms with E-state index in [0.29, 0.717) is 22.4 Å². The first-order valence-electron chi connectivity index (χ1n) is 7.02. The third-order valence-electron chi connectivity index (χ3n) is 3.70. The molecular formula is C18H15FO3. The monoisotopic (exact) mass is 298 g/mol. The van der Waals surface area contributed by atoms with Gasteiger partial charge >= 0.3 is 0 Å². The van der Waals surface area contributed by atoms with Crippen molar-refractivity contribution in [2.45, 2.75) is 18.9 Å². The summed E-state index contributed by atoms with van der Waals surface area (Å²) >= 11 is 0. The topological polar surface area (TPSA) is 46.5 Å². The van der Waals surface area contributed by atoms with E-state index in [1.807, 2.05) is 6.07 Å². The Kier molecular flexibility index (Phi) is 3.77. The van der Waals surface area contributed by atoms with Gasteiger partial charge in [0.05, 0.1) is 5.92 Å². The lowest BCUT2D eigenvalue weighted by Crippen LogP contribution is -2.22. The van der Waals surface area contributed by atoms with E-state index >= 15 is 0 Å². The van der Waals surface area contributed by atoms with Gasteiger partial charge in [0, 0.05) is 11.1 Å². The van der Waals surface area contributed by atoms with Gasteiger partial charge in [-0.25, -0.2) is 4.39 Å². The Balaban J connectivity index is 2.24. The fourth-order valence-corrected chi connectivity index (χ4v) is 2.74. The summed E-state index contributed by atoms with van der Waals surface area (Å²) in [6.07, 6.45) is -0.113. The number of hydrogen-bond donors (Lipinski definition) is 1. The Hall–Kier alpha value is -2.46. The van der Waals surface area contributed by atoms with Gasteiger partial charge in [-0.3, -0.25) is 0 Å². The number of ether oxygens (including phenoxy) is 1. The van der Waals surface area contributed by atoms with Crippen LogP contribution >= 0.6 is 0 Å². The van der Waals surface area contributed by atoms with Crippen molar-refractivity contribution in [1.29, 1.82) is 0 Å². The number of aldehydes is 1. The Labute approximate surface area is 127 Å². The van der Waals surface area contributed by atoms with Crippen LogP contribution in [0.15, 0.2) is 54.3 Å². The minimum Gasteiger partial charge on any atom is -0.458 e. The fourth-order valence-electron chi connectivity index (χ4n) is 2.74. The van der Waals surface area contributed by atoms with Crippen LogP contribution in [0.1, 0.15) is 24.0 Å². The first-order chi connectivity index (χ1) is 10.6. The van der Waals surface area contributed by atoms with Gasteiger partial charge in [0.2, 0.25) is 0 Å². The van der Waals surface area contributed by atoms with Crippen LogP contribution in [-0.2, 0) is 4.79 Å². The van der Waals surface area contributed by atoms with Crippen molar-refractivity contribution in [3.8, 4) is 5.75 Å². The Morgan fingerprint density at radius 2 is 2.00 bits per heavy atom. The summed E-state index contributed by atoms with van der Waals surface area (Å²) in [5, 5.41) is 10.0. The molecule has 2 aromatic carbocycles. The van der Waals surface area contributed by atoms with Crippen molar-refractivity contribution >= 4 is 11.9 Å². The molecule has 112 valence electrons. The van der Waals surface area contributed by atoms with E-state index in [-0.39, 0.29) is 5.76 Å². The summed E-state index contributed by atoms with van der Waals surface area (Å²) in [5.41, 5.74) is 1.74. The maximum Gasteiger partial charge on any atom is 0.137 e. The van der Waals surface area contributed by atoms with Gasteiger partial charge in [-0.15, -0.1) is 0 Å². The molecule has 0 saturated heterocycles. The summed E-state index contributed by atoms with van der Waals surface area (Å²) in [6.45, 7) is 1.56. The standard InChI is InChI=1S/C18H15FO3/c1-11(21)18-17(12-5-4-6-13(19)9-12)15(10-20)14-7-2-3-8-16(14)22-18/h2-11,15,21H,1H3/t11?,15-/m0/s1. The summed E-state index contributed by atoms with van der Waals surface area (Å²) < 4.78 is 19.3. The van der Waals surface area contributed by atoms with Crippen LogP contribution in [0.4, 0.5) is 4.39 Å². The number of carbonyl (C=O) groups excluding carboxylic acids is 1. The molecule has 0 fully saturated rings. The van der Waals surface area contributed by atoms with E-state index in [4.69, 9.17) is 4.74 Å². The average molecular weight is 298 g/mol. The van der Waals surface area contributed by atoms with Crippen molar-refractivity contribution in [2.75, 3.05) is 0 Å². The van der Waals surface area contributed by atoms with Crippen molar-refractivity contribution in [3.05, 3.63) is 71.2 Å². The largest absolute Gasteiger partial charge is 0.458 e. The molecule has 0 radical (unpaired) electrons. The van der Waals surface area contributed by atoms with Gasteiger partial charge < -0.3 is 14.6 Å². The second kappa shape index (κ2) is 5.73. The highest BCUT2D eigenvalue weighted by Gasteiger charge is 2.32. The van der Waals surface area contributed by atoms with E-state index < -0.39 is 17.8 Å². The van der Waals surface area contributed by atoms with E-state index in [0.717, 1.165) is 6.29 Å². The lowest BCUT2D eigenvalue weighted by Gasteiger charge is -2.29. The third-order valence-corrected chi connectivity index (χ3v) is 3.70. The fraction of sp³-hybridized carbons (Fsp3) is 0.167. The molecule has 22 heavy (non-hydrogen) atoms. The number of hydrogen-bond acceptors (Lipinski definition) is 3. The molecule has 0 aromatic heterocycles. The molecule has 1 N–H and O–H groups in total. The molecule has 3 nitrogen and oxygen atoms in total. The minimum absolute atomic E-state index is 0.279. The third kappa shape index (κ3) is 2.42. The molecule has 1 unspecified atom stereocenters. The number of para-hydroxylation sites is 1. The molecule has 1 aliphatic heterocycles. The van der Waals surface area contributed by atoms with E-state index in [1.54, 1.807) is 37.3 Å². The lowest BCUT2D eigenvalue weighted by atomic mass is 9.84. The molecule has 2 atom stereocenters. The number of rotatable bonds is 3. The Bertz CT molecular complexity index is 750. The van der Waals surface area contributed by atoms with Crippen LogP contribution in [0.25, 0.3) is 5.57 Å². The Morgan fingerprint density at radius 3 is 2.68 bits per heavy atom. The molecule has 4 heteroatoms. The summed E-state index contributed by atoms with van der Waals surface area (Å²) in [4.78, 5) is 11.7. The second-order valence-electron chi connectivity index (χ2n) is 5.22. The molecule has 3 rings (SSSR count). The number of aliphatic hydroxyl groups is 1. The highest BCUT2D eigenvalue weighted by molar-refractivity contribution is 5.90. The highest BCUT2D eigenvalue weighted by Crippen LogP contribution is 2.43. The smallest absolute Gasteiger partial charge is 0.137 e. The number of aliphatic hydroxyl groups excluding tert-OH is 1. The molecule has 0 bridgehead atoms. The summed E-state index contributed by atoms with van der Waals surface area (Å²) in [6, 6.07) is 13.1. The molecular weight excluding hydrogens is 283 g/mol. The minimum atomic E-state index is -0.908. The van der Waals surface area contributed by atoms with Crippen LogP contribution in [0.5, 0.6) is 5.75 Å². The normalized spacial score (nSPS) is 18.4. The lowest BCUT2D eigenvalue weighted by molar-refractivity contribution is -0.108. The van der Waals surface area contributed by atoms with Gasteiger partial charge in [-0.2, -0.15) is 0 Å². The van der Waals surface area contributed by atoms with Gasteiger partial charge in [-0.05, 0) is 30.7 Å². The predicted molar refractivity (Wildman–Crippen MR) is 80.9 cm³/mol. The number of fused-ring (bicyclic) bond motifs is 1. The zero-order valence-corrected chi connectivity index (χ0v) is 12.0. The zero-order chi connectivity index (χ0) is 15.7. The maximum atomic E-state index is 13.6. The van der Waals surface area contributed by atoms with Crippen LogP contribution in [0.3, 0.4) is 0 Å². The molecule has 1 aliphatic rings. The van der Waals surface area contributed by atoms with Gasteiger partial charge in [0.15, 0.2) is 0 Å². The molecule has 2 aromatic rings. The van der Waals surface area contributed by atoms with Crippen LogP contribution < -0.4 is 4.74 Å². The second-order valence-corrected chi connectivity index (χ2v) is 5.22.